The predicted octanol–water partition coefficient (Wildman–Crippen LogP) is 2.29. The molecule has 4 rings (SSSR count). The van der Waals surface area contributed by atoms with Crippen LogP contribution in [0.5, 0.6) is 0 Å². The monoisotopic (exact) mass is 438 g/mol. The van der Waals surface area contributed by atoms with Gasteiger partial charge < -0.3 is 9.64 Å². The van der Waals surface area contributed by atoms with Crippen LogP contribution in [0.25, 0.3) is 10.9 Å². The van der Waals surface area contributed by atoms with Crippen LogP contribution in [0.1, 0.15) is 12.5 Å². The zero-order valence-electron chi connectivity index (χ0n) is 18.1. The lowest BCUT2D eigenvalue weighted by molar-refractivity contribution is -0.135. The standard InChI is InChI=1S/C24H27FN4O3/c1-18(14-27-9-11-32-12-10-27)29(15-19-5-3-2-4-6-19)23(30)16-28-17-26-22-8-7-20(25)13-21(22)24(28)31/h2-8,13,17-18H,9-12,14-16H2,1H3. The predicted molar refractivity (Wildman–Crippen MR) is 120 cm³/mol. The lowest BCUT2D eigenvalue weighted by Crippen LogP contribution is -2.49. The number of fused-ring (bicyclic) bond motifs is 1. The van der Waals surface area contributed by atoms with Gasteiger partial charge in [0, 0.05) is 32.2 Å². The molecule has 168 valence electrons. The van der Waals surface area contributed by atoms with Crippen LogP contribution in [0, 0.1) is 5.82 Å². The average molecular weight is 439 g/mol. The summed E-state index contributed by atoms with van der Waals surface area (Å²) >= 11 is 0. The molecule has 0 aliphatic carbocycles. The van der Waals surface area contributed by atoms with E-state index in [-0.39, 0.29) is 23.9 Å². The second kappa shape index (κ2) is 10.0. The summed E-state index contributed by atoms with van der Waals surface area (Å²) in [6.45, 7) is 6.07. The zero-order valence-corrected chi connectivity index (χ0v) is 18.1. The number of aromatic nitrogens is 2. The highest BCUT2D eigenvalue weighted by Gasteiger charge is 2.24. The van der Waals surface area contributed by atoms with Crippen molar-refractivity contribution in [2.75, 3.05) is 32.8 Å². The summed E-state index contributed by atoms with van der Waals surface area (Å²) in [6, 6.07) is 13.6. The molecule has 3 aromatic rings. The summed E-state index contributed by atoms with van der Waals surface area (Å²) in [6.07, 6.45) is 1.35. The molecule has 0 radical (unpaired) electrons. The molecule has 2 aromatic carbocycles. The molecule has 1 aliphatic heterocycles. The minimum Gasteiger partial charge on any atom is -0.379 e. The number of hydrogen-bond acceptors (Lipinski definition) is 5. The third-order valence-corrected chi connectivity index (χ3v) is 5.77. The summed E-state index contributed by atoms with van der Waals surface area (Å²) in [5, 5.41) is 0.163. The molecule has 32 heavy (non-hydrogen) atoms. The molecule has 7 nitrogen and oxygen atoms in total. The van der Waals surface area contributed by atoms with Crippen LogP contribution in [-0.4, -0.2) is 64.1 Å². The fourth-order valence-corrected chi connectivity index (χ4v) is 4.01. The van der Waals surface area contributed by atoms with E-state index < -0.39 is 11.4 Å². The quantitative estimate of drug-likeness (QED) is 0.566. The molecule has 0 spiro atoms. The number of hydrogen-bond donors (Lipinski definition) is 0. The Balaban J connectivity index is 1.57. The minimum atomic E-state index is -0.509. The highest BCUT2D eigenvalue weighted by Crippen LogP contribution is 2.13. The number of halogens is 1. The third-order valence-electron chi connectivity index (χ3n) is 5.77. The van der Waals surface area contributed by atoms with E-state index in [0.29, 0.717) is 25.3 Å². The van der Waals surface area contributed by atoms with Crippen molar-refractivity contribution in [3.05, 3.63) is 76.6 Å². The summed E-state index contributed by atoms with van der Waals surface area (Å²) in [4.78, 5) is 34.5. The zero-order chi connectivity index (χ0) is 22.5. The van der Waals surface area contributed by atoms with Crippen LogP contribution in [-0.2, 0) is 22.6 Å². The van der Waals surface area contributed by atoms with Gasteiger partial charge in [-0.25, -0.2) is 9.37 Å². The van der Waals surface area contributed by atoms with Gasteiger partial charge in [0.25, 0.3) is 5.56 Å². The van der Waals surface area contributed by atoms with Crippen LogP contribution in [0.2, 0.25) is 0 Å². The van der Waals surface area contributed by atoms with Crippen molar-refractivity contribution in [3.63, 3.8) is 0 Å². The number of benzene rings is 2. The first-order chi connectivity index (χ1) is 15.5. The fraction of sp³-hybridized carbons (Fsp3) is 0.375. The Morgan fingerprint density at radius 2 is 1.94 bits per heavy atom. The average Bonchev–Trinajstić information content (AvgIpc) is 2.81. The molecule has 2 heterocycles. The first-order valence-corrected chi connectivity index (χ1v) is 10.8. The van der Waals surface area contributed by atoms with Crippen molar-refractivity contribution in [1.29, 1.82) is 0 Å². The van der Waals surface area contributed by atoms with Crippen molar-refractivity contribution in [2.45, 2.75) is 26.1 Å². The van der Waals surface area contributed by atoms with Crippen molar-refractivity contribution in [3.8, 4) is 0 Å². The van der Waals surface area contributed by atoms with Gasteiger partial charge in [0.15, 0.2) is 0 Å². The van der Waals surface area contributed by atoms with E-state index in [1.165, 1.54) is 23.0 Å². The number of carbonyl (C=O) groups is 1. The Bertz CT molecular complexity index is 1130. The van der Waals surface area contributed by atoms with Crippen molar-refractivity contribution in [1.82, 2.24) is 19.4 Å². The molecule has 1 atom stereocenters. The Morgan fingerprint density at radius 3 is 2.69 bits per heavy atom. The maximum atomic E-state index is 13.6. The van der Waals surface area contributed by atoms with Crippen LogP contribution in [0.4, 0.5) is 4.39 Å². The minimum absolute atomic E-state index is 0.0673. The van der Waals surface area contributed by atoms with Crippen molar-refractivity contribution >= 4 is 16.8 Å². The van der Waals surface area contributed by atoms with E-state index in [4.69, 9.17) is 4.74 Å². The second-order valence-corrected chi connectivity index (χ2v) is 8.11. The number of morpholine rings is 1. The van der Waals surface area contributed by atoms with Crippen molar-refractivity contribution in [2.24, 2.45) is 0 Å². The molecule has 1 aromatic heterocycles. The summed E-state index contributed by atoms with van der Waals surface area (Å²) in [5.41, 5.74) is 0.992. The highest BCUT2D eigenvalue weighted by molar-refractivity contribution is 5.79. The van der Waals surface area contributed by atoms with Gasteiger partial charge in [0.05, 0.1) is 30.4 Å². The van der Waals surface area contributed by atoms with Crippen LogP contribution >= 0.6 is 0 Å². The van der Waals surface area contributed by atoms with Gasteiger partial charge in [-0.3, -0.25) is 19.1 Å². The number of nitrogens with zero attached hydrogens (tertiary/aromatic N) is 4. The summed E-state index contributed by atoms with van der Waals surface area (Å²) < 4.78 is 20.3. The Morgan fingerprint density at radius 1 is 1.19 bits per heavy atom. The Kier molecular flexibility index (Phi) is 6.92. The Hall–Kier alpha value is -3.10. The molecular formula is C24H27FN4O3. The number of amides is 1. The van der Waals surface area contributed by atoms with Crippen LogP contribution in [0.15, 0.2) is 59.7 Å². The van der Waals surface area contributed by atoms with Gasteiger partial charge in [0.1, 0.15) is 12.4 Å². The molecular weight excluding hydrogens is 411 g/mol. The molecule has 8 heteroatoms. The molecule has 0 bridgehead atoms. The van der Waals surface area contributed by atoms with Crippen LogP contribution < -0.4 is 5.56 Å². The summed E-state index contributed by atoms with van der Waals surface area (Å²) in [5.74, 6) is -0.695. The van der Waals surface area contributed by atoms with E-state index in [1.54, 1.807) is 4.90 Å². The molecule has 1 saturated heterocycles. The van der Waals surface area contributed by atoms with Gasteiger partial charge in [-0.2, -0.15) is 0 Å². The summed E-state index contributed by atoms with van der Waals surface area (Å²) in [7, 11) is 0. The largest absolute Gasteiger partial charge is 0.379 e. The first-order valence-electron chi connectivity index (χ1n) is 10.8. The molecule has 0 N–H and O–H groups in total. The van der Waals surface area contributed by atoms with E-state index in [9.17, 15) is 14.0 Å². The molecule has 1 aliphatic rings. The van der Waals surface area contributed by atoms with Crippen LogP contribution in [0.3, 0.4) is 0 Å². The smallest absolute Gasteiger partial charge is 0.261 e. The molecule has 1 amide bonds. The Labute approximate surface area is 186 Å². The van der Waals surface area contributed by atoms with E-state index in [2.05, 4.69) is 9.88 Å². The number of ether oxygens (including phenoxy) is 1. The fourth-order valence-electron chi connectivity index (χ4n) is 4.01. The van der Waals surface area contributed by atoms with E-state index in [1.807, 2.05) is 37.3 Å². The van der Waals surface area contributed by atoms with Gasteiger partial charge in [-0.1, -0.05) is 30.3 Å². The lowest BCUT2D eigenvalue weighted by Gasteiger charge is -2.35. The molecule has 1 fully saturated rings. The first kappa shape index (κ1) is 22.1. The normalized spacial score (nSPS) is 15.6. The number of carbonyl (C=O) groups excluding carboxylic acids is 1. The lowest BCUT2D eigenvalue weighted by atomic mass is 10.1. The van der Waals surface area contributed by atoms with E-state index >= 15 is 0 Å². The van der Waals surface area contributed by atoms with E-state index in [0.717, 1.165) is 31.3 Å². The van der Waals surface area contributed by atoms with Crippen molar-refractivity contribution < 1.29 is 13.9 Å². The van der Waals surface area contributed by atoms with Gasteiger partial charge in [-0.05, 0) is 30.7 Å². The topological polar surface area (TPSA) is 67.7 Å². The highest BCUT2D eigenvalue weighted by atomic mass is 19.1. The number of rotatable bonds is 7. The molecule has 1 unspecified atom stereocenters. The van der Waals surface area contributed by atoms with Gasteiger partial charge in [-0.15, -0.1) is 0 Å². The third kappa shape index (κ3) is 5.20. The maximum Gasteiger partial charge on any atom is 0.261 e. The maximum absolute atomic E-state index is 13.6. The van der Waals surface area contributed by atoms with Gasteiger partial charge >= 0.3 is 0 Å². The van der Waals surface area contributed by atoms with Gasteiger partial charge in [0.2, 0.25) is 5.91 Å². The molecule has 0 saturated carbocycles. The second-order valence-electron chi connectivity index (χ2n) is 8.11. The SMILES string of the molecule is CC(CN1CCOCC1)N(Cc1ccccc1)C(=O)Cn1cnc2ccc(F)cc2c1=O.